The Kier molecular flexibility index (Phi) is 4.98. The fourth-order valence-electron chi connectivity index (χ4n) is 0.538. The summed E-state index contributed by atoms with van der Waals surface area (Å²) in [6, 6.07) is 0. The second kappa shape index (κ2) is 5.50. The van der Waals surface area contributed by atoms with Crippen molar-refractivity contribution in [2.24, 2.45) is 0 Å². The highest BCUT2D eigenvalue weighted by molar-refractivity contribution is 5.93. The first-order chi connectivity index (χ1) is 5.65. The minimum Gasteiger partial charge on any atom is -0.469 e. The monoisotopic (exact) mass is 177 g/mol. The molecule has 0 aromatic rings. The quantitative estimate of drug-likeness (QED) is 0.329. The van der Waals surface area contributed by atoms with Crippen LogP contribution in [0.4, 0.5) is 0 Å². The predicted octanol–water partition coefficient (Wildman–Crippen LogP) is -0.499. The minimum atomic E-state index is -0.640. The van der Waals surface area contributed by atoms with Gasteiger partial charge in [0.2, 0.25) is 0 Å². The summed E-state index contributed by atoms with van der Waals surface area (Å²) in [5, 5.41) is 0.594. The van der Waals surface area contributed by atoms with Crippen LogP contribution < -0.4 is 0 Å². The first-order valence-electron chi connectivity index (χ1n) is 3.13. The third kappa shape index (κ3) is 3.31. The Bertz CT molecular complexity index is 165. The number of carbonyl (C=O) groups is 2. The molecule has 0 fully saturated rings. The second-order valence-corrected chi connectivity index (χ2v) is 1.77. The molecule has 0 saturated carbocycles. The van der Waals surface area contributed by atoms with Crippen LogP contribution in [0.3, 0.4) is 0 Å². The maximum Gasteiger partial charge on any atom is 0.315 e. The summed E-state index contributed by atoms with van der Waals surface area (Å²) in [6.45, 7) is 0. The lowest BCUT2D eigenvalue weighted by Gasteiger charge is -2.14. The molecule has 0 aliphatic carbocycles. The molecule has 0 unspecified atom stereocenters. The van der Waals surface area contributed by atoms with E-state index in [2.05, 4.69) is 14.4 Å². The van der Waals surface area contributed by atoms with Crippen molar-refractivity contribution in [2.45, 2.75) is 6.42 Å². The van der Waals surface area contributed by atoms with E-state index in [9.17, 15) is 9.59 Å². The summed E-state index contributed by atoms with van der Waals surface area (Å²) in [6.07, 6.45) is -0.405. The molecule has 0 aliphatic heterocycles. The highest BCUT2D eigenvalue weighted by atomic mass is 16.9. The number of esters is 1. The van der Waals surface area contributed by atoms with Crippen LogP contribution in [0.1, 0.15) is 6.42 Å². The Morgan fingerprint density at radius 3 is 2.00 bits per heavy atom. The summed E-state index contributed by atoms with van der Waals surface area (Å²) < 4.78 is 4.26. The van der Waals surface area contributed by atoms with E-state index in [-0.39, 0.29) is 0 Å². The van der Waals surface area contributed by atoms with Gasteiger partial charge in [0.05, 0.1) is 21.3 Å². The van der Waals surface area contributed by atoms with E-state index in [1.165, 1.54) is 21.3 Å². The molecule has 6 nitrogen and oxygen atoms in total. The molecule has 0 saturated heterocycles. The third-order valence-corrected chi connectivity index (χ3v) is 1.06. The van der Waals surface area contributed by atoms with Crippen molar-refractivity contribution in [1.82, 2.24) is 5.23 Å². The van der Waals surface area contributed by atoms with Gasteiger partial charge in [-0.05, 0) is 0 Å². The molecule has 6 heteroatoms. The Morgan fingerprint density at radius 1 is 1.17 bits per heavy atom. The SMILES string of the molecule is COC(=O)CC(=O)N(OC)OC. The average molecular weight is 177 g/mol. The largest absolute Gasteiger partial charge is 0.469 e. The van der Waals surface area contributed by atoms with Crippen LogP contribution in [0.5, 0.6) is 0 Å². The van der Waals surface area contributed by atoms with Crippen molar-refractivity contribution < 1.29 is 24.0 Å². The molecule has 0 spiro atoms. The van der Waals surface area contributed by atoms with Crippen LogP contribution >= 0.6 is 0 Å². The summed E-state index contributed by atoms with van der Waals surface area (Å²) in [5.41, 5.74) is 0. The van der Waals surface area contributed by atoms with Crippen LogP contribution in [0.25, 0.3) is 0 Å². The first kappa shape index (κ1) is 10.9. The summed E-state index contributed by atoms with van der Waals surface area (Å²) in [5.74, 6) is -1.26. The number of hydrogen-bond donors (Lipinski definition) is 0. The van der Waals surface area contributed by atoms with E-state index in [1.54, 1.807) is 0 Å². The van der Waals surface area contributed by atoms with E-state index in [4.69, 9.17) is 0 Å². The fourth-order valence-corrected chi connectivity index (χ4v) is 0.538. The maximum atomic E-state index is 10.9. The van der Waals surface area contributed by atoms with Crippen LogP contribution in [0, 0.1) is 0 Å². The average Bonchev–Trinajstić information content (AvgIpc) is 2.06. The molecule has 0 aromatic heterocycles. The van der Waals surface area contributed by atoms with Crippen molar-refractivity contribution in [3.8, 4) is 0 Å². The van der Waals surface area contributed by atoms with Crippen LogP contribution in [-0.4, -0.2) is 38.4 Å². The number of hydroxylamine groups is 2. The molecule has 70 valence electrons. The maximum absolute atomic E-state index is 10.9. The molecule has 0 atom stereocenters. The van der Waals surface area contributed by atoms with E-state index in [0.29, 0.717) is 5.23 Å². The number of amides is 1. The number of nitrogens with zero attached hydrogens (tertiary/aromatic N) is 1. The zero-order valence-electron chi connectivity index (χ0n) is 7.20. The highest BCUT2D eigenvalue weighted by Gasteiger charge is 2.17. The number of rotatable bonds is 4. The van der Waals surface area contributed by atoms with Gasteiger partial charge >= 0.3 is 5.97 Å². The lowest BCUT2D eigenvalue weighted by Crippen LogP contribution is -2.30. The summed E-state index contributed by atoms with van der Waals surface area (Å²) >= 11 is 0. The van der Waals surface area contributed by atoms with Crippen LogP contribution in [-0.2, 0) is 24.0 Å². The molecule has 0 bridgehead atoms. The molecule has 0 aromatic carbocycles. The Morgan fingerprint density at radius 2 is 1.67 bits per heavy atom. The van der Waals surface area contributed by atoms with Crippen LogP contribution in [0.15, 0.2) is 0 Å². The molecule has 0 N–H and O–H groups in total. The smallest absolute Gasteiger partial charge is 0.315 e. The van der Waals surface area contributed by atoms with E-state index < -0.39 is 18.3 Å². The Hall–Kier alpha value is -1.14. The third-order valence-electron chi connectivity index (χ3n) is 1.06. The van der Waals surface area contributed by atoms with Crippen molar-refractivity contribution in [1.29, 1.82) is 0 Å². The molecule has 0 rings (SSSR count). The number of ether oxygens (including phenoxy) is 1. The zero-order chi connectivity index (χ0) is 9.56. The summed E-state index contributed by atoms with van der Waals surface area (Å²) in [4.78, 5) is 30.4. The predicted molar refractivity (Wildman–Crippen MR) is 37.5 cm³/mol. The van der Waals surface area contributed by atoms with Crippen molar-refractivity contribution in [3.05, 3.63) is 0 Å². The minimum absolute atomic E-state index is 0.405. The normalized spacial score (nSPS) is 9.25. The van der Waals surface area contributed by atoms with Gasteiger partial charge in [0.15, 0.2) is 0 Å². The topological polar surface area (TPSA) is 65.1 Å². The van der Waals surface area contributed by atoms with Gasteiger partial charge in [-0.1, -0.05) is 5.23 Å². The molecular formula is C6H11NO5. The first-order valence-corrected chi connectivity index (χ1v) is 3.13. The van der Waals surface area contributed by atoms with Gasteiger partial charge in [0, 0.05) is 0 Å². The highest BCUT2D eigenvalue weighted by Crippen LogP contribution is 1.95. The Labute approximate surface area is 69.9 Å². The summed E-state index contributed by atoms with van der Waals surface area (Å²) in [7, 11) is 3.69. The number of methoxy groups -OCH3 is 1. The standard InChI is InChI=1S/C6H11NO5/c1-10-6(9)4-5(8)7(11-2)12-3/h4H2,1-3H3. The number of carbonyl (C=O) groups excluding carboxylic acids is 2. The number of hydrogen-bond acceptors (Lipinski definition) is 5. The van der Waals surface area contributed by atoms with Crippen molar-refractivity contribution >= 4 is 11.9 Å². The van der Waals surface area contributed by atoms with Gasteiger partial charge in [-0.15, -0.1) is 0 Å². The zero-order valence-corrected chi connectivity index (χ0v) is 7.20. The van der Waals surface area contributed by atoms with Crippen LogP contribution in [0.2, 0.25) is 0 Å². The molecule has 0 radical (unpaired) electrons. The van der Waals surface area contributed by atoms with E-state index >= 15 is 0 Å². The van der Waals surface area contributed by atoms with E-state index in [1.807, 2.05) is 0 Å². The van der Waals surface area contributed by atoms with Gasteiger partial charge in [0.1, 0.15) is 6.42 Å². The van der Waals surface area contributed by atoms with Gasteiger partial charge in [0.25, 0.3) is 5.91 Å². The Balaban J connectivity index is 3.92. The van der Waals surface area contributed by atoms with Gasteiger partial charge in [-0.2, -0.15) is 0 Å². The van der Waals surface area contributed by atoms with Crippen molar-refractivity contribution in [3.63, 3.8) is 0 Å². The fraction of sp³-hybridized carbons (Fsp3) is 0.667. The lowest BCUT2D eigenvalue weighted by atomic mass is 10.4. The van der Waals surface area contributed by atoms with Gasteiger partial charge < -0.3 is 4.74 Å². The molecular weight excluding hydrogens is 166 g/mol. The molecule has 0 heterocycles. The molecule has 0 aliphatic rings. The van der Waals surface area contributed by atoms with E-state index in [0.717, 1.165) is 0 Å². The second-order valence-electron chi connectivity index (χ2n) is 1.77. The molecule has 1 amide bonds. The molecule has 12 heavy (non-hydrogen) atoms. The van der Waals surface area contributed by atoms with Gasteiger partial charge in [-0.25, -0.2) is 9.68 Å². The van der Waals surface area contributed by atoms with Gasteiger partial charge in [-0.3, -0.25) is 9.59 Å². The van der Waals surface area contributed by atoms with Crippen molar-refractivity contribution in [2.75, 3.05) is 21.3 Å². The lowest BCUT2D eigenvalue weighted by molar-refractivity contribution is -0.317.